The number of nitrogens with two attached hydrogens (primary N) is 1. The first-order valence-electron chi connectivity index (χ1n) is 4.87. The standard InChI is InChI=1S/C9H19N3OS/c1-9(2,13)7-11-3-5-12(6-4-11)8(10)14/h13H,3-7H2,1-2H3,(H2,10,14). The first-order valence-corrected chi connectivity index (χ1v) is 5.28. The summed E-state index contributed by atoms with van der Waals surface area (Å²) in [6.45, 7) is 7.93. The van der Waals surface area contributed by atoms with Crippen molar-refractivity contribution in [2.75, 3.05) is 32.7 Å². The maximum atomic E-state index is 9.64. The molecule has 1 rings (SSSR count). The zero-order valence-electron chi connectivity index (χ0n) is 8.86. The average molecular weight is 217 g/mol. The maximum absolute atomic E-state index is 9.64. The molecule has 0 spiro atoms. The highest BCUT2D eigenvalue weighted by molar-refractivity contribution is 7.80. The van der Waals surface area contributed by atoms with Gasteiger partial charge in [0.15, 0.2) is 5.11 Å². The van der Waals surface area contributed by atoms with Gasteiger partial charge in [-0.15, -0.1) is 0 Å². The van der Waals surface area contributed by atoms with Crippen LogP contribution in [0.4, 0.5) is 0 Å². The van der Waals surface area contributed by atoms with Gasteiger partial charge < -0.3 is 15.7 Å². The lowest BCUT2D eigenvalue weighted by atomic mass is 10.1. The fourth-order valence-electron chi connectivity index (χ4n) is 1.67. The number of aliphatic hydroxyl groups is 1. The highest BCUT2D eigenvalue weighted by Gasteiger charge is 2.22. The Morgan fingerprint density at radius 1 is 1.36 bits per heavy atom. The van der Waals surface area contributed by atoms with Gasteiger partial charge in [-0.25, -0.2) is 0 Å². The summed E-state index contributed by atoms with van der Waals surface area (Å²) >= 11 is 4.90. The third-order valence-corrected chi connectivity index (χ3v) is 2.55. The van der Waals surface area contributed by atoms with E-state index in [1.807, 2.05) is 18.7 Å². The van der Waals surface area contributed by atoms with Crippen LogP contribution >= 0.6 is 12.2 Å². The Morgan fingerprint density at radius 3 is 2.21 bits per heavy atom. The van der Waals surface area contributed by atoms with Gasteiger partial charge in [0, 0.05) is 32.7 Å². The molecule has 0 radical (unpaired) electrons. The second-order valence-corrected chi connectivity index (χ2v) is 4.83. The van der Waals surface area contributed by atoms with Gasteiger partial charge in [0.25, 0.3) is 0 Å². The Hall–Kier alpha value is -0.390. The number of thiocarbonyl (C=S) groups is 1. The molecule has 0 amide bonds. The molecule has 4 nitrogen and oxygen atoms in total. The number of hydrogen-bond acceptors (Lipinski definition) is 3. The van der Waals surface area contributed by atoms with Crippen LogP contribution in [0.2, 0.25) is 0 Å². The van der Waals surface area contributed by atoms with Crippen LogP contribution in [0.3, 0.4) is 0 Å². The van der Waals surface area contributed by atoms with Crippen LogP contribution in [0.5, 0.6) is 0 Å². The molecule has 1 aliphatic rings. The maximum Gasteiger partial charge on any atom is 0.166 e. The lowest BCUT2D eigenvalue weighted by Gasteiger charge is -2.37. The Kier molecular flexibility index (Phi) is 3.69. The summed E-state index contributed by atoms with van der Waals surface area (Å²) in [4.78, 5) is 4.23. The highest BCUT2D eigenvalue weighted by atomic mass is 32.1. The summed E-state index contributed by atoms with van der Waals surface area (Å²) in [5.41, 5.74) is 4.91. The number of piperazine rings is 1. The van der Waals surface area contributed by atoms with Crippen molar-refractivity contribution in [3.63, 3.8) is 0 Å². The van der Waals surface area contributed by atoms with E-state index in [0.29, 0.717) is 11.7 Å². The lowest BCUT2D eigenvalue weighted by Crippen LogP contribution is -2.53. The molecule has 1 saturated heterocycles. The third kappa shape index (κ3) is 3.77. The summed E-state index contributed by atoms with van der Waals surface area (Å²) in [5, 5.41) is 10.1. The Balaban J connectivity index is 2.33. The molecule has 0 aromatic carbocycles. The molecule has 1 heterocycles. The normalized spacial score (nSPS) is 19.8. The first-order chi connectivity index (χ1) is 6.38. The zero-order chi connectivity index (χ0) is 10.8. The Morgan fingerprint density at radius 2 is 1.86 bits per heavy atom. The van der Waals surface area contributed by atoms with Crippen LogP contribution in [-0.4, -0.2) is 58.3 Å². The van der Waals surface area contributed by atoms with Gasteiger partial charge in [0.05, 0.1) is 5.60 Å². The Bertz CT molecular complexity index is 207. The molecule has 0 aliphatic carbocycles. The van der Waals surface area contributed by atoms with Gasteiger partial charge >= 0.3 is 0 Å². The van der Waals surface area contributed by atoms with Crippen molar-refractivity contribution in [2.24, 2.45) is 5.73 Å². The number of β-amino-alcohol motifs (C(OH)–C–C–N with tert-alkyl or cyclic N) is 1. The molecule has 82 valence electrons. The first kappa shape index (κ1) is 11.7. The molecule has 0 bridgehead atoms. The van der Waals surface area contributed by atoms with Gasteiger partial charge in [0.1, 0.15) is 0 Å². The minimum Gasteiger partial charge on any atom is -0.389 e. The van der Waals surface area contributed by atoms with Crippen molar-refractivity contribution < 1.29 is 5.11 Å². The molecule has 1 fully saturated rings. The van der Waals surface area contributed by atoms with Crippen LogP contribution < -0.4 is 5.73 Å². The van der Waals surface area contributed by atoms with Crippen molar-refractivity contribution in [3.8, 4) is 0 Å². The predicted molar refractivity (Wildman–Crippen MR) is 61.1 cm³/mol. The van der Waals surface area contributed by atoms with E-state index in [0.717, 1.165) is 26.2 Å². The molecule has 3 N–H and O–H groups in total. The summed E-state index contributed by atoms with van der Waals surface area (Å²) < 4.78 is 0. The second kappa shape index (κ2) is 4.42. The topological polar surface area (TPSA) is 52.7 Å². The highest BCUT2D eigenvalue weighted by Crippen LogP contribution is 2.08. The van der Waals surface area contributed by atoms with Gasteiger partial charge in [-0.3, -0.25) is 4.90 Å². The van der Waals surface area contributed by atoms with Crippen molar-refractivity contribution in [1.82, 2.24) is 9.80 Å². The van der Waals surface area contributed by atoms with Crippen LogP contribution in [0.15, 0.2) is 0 Å². The summed E-state index contributed by atoms with van der Waals surface area (Å²) in [6.07, 6.45) is 0. The van der Waals surface area contributed by atoms with E-state index in [1.165, 1.54) is 0 Å². The monoisotopic (exact) mass is 217 g/mol. The largest absolute Gasteiger partial charge is 0.389 e. The van der Waals surface area contributed by atoms with E-state index >= 15 is 0 Å². The minimum absolute atomic E-state index is 0.480. The molecule has 0 atom stereocenters. The lowest BCUT2D eigenvalue weighted by molar-refractivity contribution is 0.0253. The van der Waals surface area contributed by atoms with E-state index in [1.54, 1.807) is 0 Å². The van der Waals surface area contributed by atoms with Crippen LogP contribution in [-0.2, 0) is 0 Å². The minimum atomic E-state index is -0.620. The van der Waals surface area contributed by atoms with Crippen LogP contribution in [0, 0.1) is 0 Å². The SMILES string of the molecule is CC(C)(O)CN1CCN(C(N)=S)CC1. The molecular weight excluding hydrogens is 198 g/mol. The smallest absolute Gasteiger partial charge is 0.166 e. The second-order valence-electron chi connectivity index (χ2n) is 4.41. The van der Waals surface area contributed by atoms with Gasteiger partial charge in [-0.1, -0.05) is 0 Å². The number of rotatable bonds is 2. The summed E-state index contributed by atoms with van der Waals surface area (Å²) in [6, 6.07) is 0. The summed E-state index contributed by atoms with van der Waals surface area (Å²) in [5.74, 6) is 0. The van der Waals surface area contributed by atoms with Crippen LogP contribution in [0.1, 0.15) is 13.8 Å². The van der Waals surface area contributed by atoms with Gasteiger partial charge in [-0.2, -0.15) is 0 Å². The van der Waals surface area contributed by atoms with Crippen molar-refractivity contribution in [3.05, 3.63) is 0 Å². The van der Waals surface area contributed by atoms with Crippen molar-refractivity contribution in [1.29, 1.82) is 0 Å². The molecule has 5 heteroatoms. The van der Waals surface area contributed by atoms with E-state index in [4.69, 9.17) is 18.0 Å². The predicted octanol–water partition coefficient (Wildman–Crippen LogP) is -0.381. The molecule has 0 aromatic heterocycles. The summed E-state index contributed by atoms with van der Waals surface area (Å²) in [7, 11) is 0. The number of nitrogens with zero attached hydrogens (tertiary/aromatic N) is 2. The van der Waals surface area contributed by atoms with Gasteiger partial charge in [-0.05, 0) is 26.1 Å². The van der Waals surface area contributed by atoms with E-state index in [-0.39, 0.29) is 0 Å². The fraction of sp³-hybridized carbons (Fsp3) is 0.889. The molecule has 1 aliphatic heterocycles. The number of hydrogen-bond donors (Lipinski definition) is 2. The van der Waals surface area contributed by atoms with Crippen molar-refractivity contribution >= 4 is 17.3 Å². The van der Waals surface area contributed by atoms with Gasteiger partial charge in [0.2, 0.25) is 0 Å². The quantitative estimate of drug-likeness (QED) is 0.618. The zero-order valence-corrected chi connectivity index (χ0v) is 9.68. The Labute approximate surface area is 90.7 Å². The molecule has 0 aromatic rings. The van der Waals surface area contributed by atoms with Crippen molar-refractivity contribution in [2.45, 2.75) is 19.4 Å². The van der Waals surface area contributed by atoms with E-state index in [2.05, 4.69) is 4.90 Å². The van der Waals surface area contributed by atoms with E-state index < -0.39 is 5.60 Å². The molecule has 0 saturated carbocycles. The molecule has 0 unspecified atom stereocenters. The van der Waals surface area contributed by atoms with E-state index in [9.17, 15) is 5.11 Å². The van der Waals surface area contributed by atoms with Crippen LogP contribution in [0.25, 0.3) is 0 Å². The molecular formula is C9H19N3OS. The fourth-order valence-corrected chi connectivity index (χ4v) is 1.86. The average Bonchev–Trinajstić information content (AvgIpc) is 2.02. The third-order valence-electron chi connectivity index (χ3n) is 2.29. The molecule has 14 heavy (non-hydrogen) atoms.